The molecule has 0 spiro atoms. The summed E-state index contributed by atoms with van der Waals surface area (Å²) in [6.07, 6.45) is 2.20. The zero-order chi connectivity index (χ0) is 20.1. The average Bonchev–Trinajstić information content (AvgIpc) is 2.75. The Morgan fingerprint density at radius 2 is 1.79 bits per heavy atom. The molecule has 0 saturated carbocycles. The van der Waals surface area contributed by atoms with Crippen LogP contribution in [-0.4, -0.2) is 30.6 Å². The molecule has 0 radical (unpaired) electrons. The lowest BCUT2D eigenvalue weighted by atomic mass is 10.1. The van der Waals surface area contributed by atoms with Gasteiger partial charge in [-0.3, -0.25) is 4.79 Å². The summed E-state index contributed by atoms with van der Waals surface area (Å²) in [5.41, 5.74) is 2.25. The largest absolute Gasteiger partial charge is 0.486 e. The number of hydrogen-bond acceptors (Lipinski definition) is 5. The monoisotopic (exact) mass is 393 g/mol. The molecule has 148 valence electrons. The van der Waals surface area contributed by atoms with Crippen LogP contribution in [0.4, 0.5) is 15.9 Å². The SMILES string of the molecule is O=C(NCCc1ccc(F)cc1)c1ccnc(Nc2ccc3c(c2)OCCO3)c1. The first-order chi connectivity index (χ1) is 14.2. The molecule has 0 unspecified atom stereocenters. The van der Waals surface area contributed by atoms with Gasteiger partial charge in [-0.15, -0.1) is 0 Å². The van der Waals surface area contributed by atoms with Crippen molar-refractivity contribution >= 4 is 17.4 Å². The number of ether oxygens (including phenoxy) is 2. The Labute approximate surface area is 167 Å². The Kier molecular flexibility index (Phi) is 5.56. The molecule has 1 aliphatic heterocycles. The van der Waals surface area contributed by atoms with Crippen molar-refractivity contribution in [3.8, 4) is 11.5 Å². The number of carbonyl (C=O) groups is 1. The predicted molar refractivity (Wildman–Crippen MR) is 107 cm³/mol. The number of nitrogens with one attached hydrogen (secondary N) is 2. The van der Waals surface area contributed by atoms with E-state index in [1.54, 1.807) is 30.5 Å². The molecule has 3 aromatic rings. The Hall–Kier alpha value is -3.61. The lowest BCUT2D eigenvalue weighted by molar-refractivity contribution is 0.0954. The zero-order valence-corrected chi connectivity index (χ0v) is 15.7. The van der Waals surface area contributed by atoms with Crippen LogP contribution in [0.5, 0.6) is 11.5 Å². The van der Waals surface area contributed by atoms with Gasteiger partial charge in [0.05, 0.1) is 0 Å². The molecule has 1 amide bonds. The summed E-state index contributed by atoms with van der Waals surface area (Å²) in [7, 11) is 0. The summed E-state index contributed by atoms with van der Waals surface area (Å²) in [5, 5.41) is 6.04. The average molecular weight is 393 g/mol. The maximum atomic E-state index is 12.9. The van der Waals surface area contributed by atoms with Gasteiger partial charge in [0.25, 0.3) is 5.91 Å². The number of rotatable bonds is 6. The number of hydrogen-bond donors (Lipinski definition) is 2. The van der Waals surface area contributed by atoms with Crippen LogP contribution in [0.3, 0.4) is 0 Å². The van der Waals surface area contributed by atoms with Gasteiger partial charge in [0.2, 0.25) is 0 Å². The molecule has 2 N–H and O–H groups in total. The number of fused-ring (bicyclic) bond motifs is 1. The van der Waals surface area contributed by atoms with Crippen LogP contribution in [0.1, 0.15) is 15.9 Å². The first-order valence-corrected chi connectivity index (χ1v) is 9.33. The number of pyridine rings is 1. The van der Waals surface area contributed by atoms with Crippen molar-refractivity contribution in [3.05, 3.63) is 77.7 Å². The Morgan fingerprint density at radius 1 is 1.00 bits per heavy atom. The smallest absolute Gasteiger partial charge is 0.251 e. The van der Waals surface area contributed by atoms with E-state index in [9.17, 15) is 9.18 Å². The minimum absolute atomic E-state index is 0.195. The van der Waals surface area contributed by atoms with Gasteiger partial charge in [0.15, 0.2) is 11.5 Å². The molecule has 0 fully saturated rings. The standard InChI is InChI=1S/C22H20FN3O3/c23-17-3-1-15(2-4-17)7-9-25-22(27)16-8-10-24-21(13-16)26-18-5-6-19-20(14-18)29-12-11-28-19/h1-6,8,10,13-14H,7,9,11-12H2,(H,24,26)(H,25,27). The zero-order valence-electron chi connectivity index (χ0n) is 15.7. The number of anilines is 2. The van der Waals surface area contributed by atoms with Gasteiger partial charge in [-0.1, -0.05) is 12.1 Å². The van der Waals surface area contributed by atoms with Crippen molar-refractivity contribution in [1.82, 2.24) is 10.3 Å². The van der Waals surface area contributed by atoms with E-state index in [2.05, 4.69) is 15.6 Å². The van der Waals surface area contributed by atoms with Crippen molar-refractivity contribution in [2.75, 3.05) is 25.1 Å². The molecule has 1 aromatic heterocycles. The summed E-state index contributed by atoms with van der Waals surface area (Å²) in [5.74, 6) is 1.47. The molecule has 6 nitrogen and oxygen atoms in total. The molecule has 2 aromatic carbocycles. The molecule has 0 atom stereocenters. The number of carbonyl (C=O) groups excluding carboxylic acids is 1. The van der Waals surface area contributed by atoms with Crippen LogP contribution < -0.4 is 20.1 Å². The second-order valence-corrected chi connectivity index (χ2v) is 6.55. The van der Waals surface area contributed by atoms with E-state index in [4.69, 9.17) is 9.47 Å². The quantitative estimate of drug-likeness (QED) is 0.668. The highest BCUT2D eigenvalue weighted by molar-refractivity contribution is 5.94. The molecule has 1 aliphatic rings. The molecule has 29 heavy (non-hydrogen) atoms. The van der Waals surface area contributed by atoms with Crippen molar-refractivity contribution in [3.63, 3.8) is 0 Å². The lowest BCUT2D eigenvalue weighted by Gasteiger charge is -2.19. The van der Waals surface area contributed by atoms with Crippen LogP contribution in [0.25, 0.3) is 0 Å². The highest BCUT2D eigenvalue weighted by Crippen LogP contribution is 2.33. The van der Waals surface area contributed by atoms with Gasteiger partial charge >= 0.3 is 0 Å². The van der Waals surface area contributed by atoms with E-state index in [0.29, 0.717) is 49.1 Å². The highest BCUT2D eigenvalue weighted by Gasteiger charge is 2.12. The van der Waals surface area contributed by atoms with Gasteiger partial charge in [-0.2, -0.15) is 0 Å². The minimum atomic E-state index is -0.271. The Bertz CT molecular complexity index is 1010. The maximum Gasteiger partial charge on any atom is 0.251 e. The number of nitrogens with zero attached hydrogens (tertiary/aromatic N) is 1. The maximum absolute atomic E-state index is 12.9. The molecule has 7 heteroatoms. The van der Waals surface area contributed by atoms with Crippen molar-refractivity contribution in [2.24, 2.45) is 0 Å². The fourth-order valence-corrected chi connectivity index (χ4v) is 2.98. The van der Waals surface area contributed by atoms with Gasteiger partial charge in [0, 0.05) is 30.1 Å². The molecule has 0 bridgehead atoms. The highest BCUT2D eigenvalue weighted by atomic mass is 19.1. The van der Waals surface area contributed by atoms with E-state index in [0.717, 1.165) is 11.3 Å². The van der Waals surface area contributed by atoms with Crippen molar-refractivity contribution in [2.45, 2.75) is 6.42 Å². The lowest BCUT2D eigenvalue weighted by Crippen LogP contribution is -2.25. The number of aromatic nitrogens is 1. The van der Waals surface area contributed by atoms with E-state index >= 15 is 0 Å². The first-order valence-electron chi connectivity index (χ1n) is 9.33. The molecule has 4 rings (SSSR count). The Balaban J connectivity index is 1.36. The number of amides is 1. The predicted octanol–water partition coefficient (Wildman–Crippen LogP) is 3.71. The van der Waals surface area contributed by atoms with Gasteiger partial charge in [-0.25, -0.2) is 9.37 Å². The van der Waals surface area contributed by atoms with E-state index in [1.165, 1.54) is 12.1 Å². The number of benzene rings is 2. The third kappa shape index (κ3) is 4.82. The van der Waals surface area contributed by atoms with Gasteiger partial charge in [0.1, 0.15) is 24.8 Å². The van der Waals surface area contributed by atoms with Crippen molar-refractivity contribution in [1.29, 1.82) is 0 Å². The van der Waals surface area contributed by atoms with Crippen LogP contribution in [0.2, 0.25) is 0 Å². The van der Waals surface area contributed by atoms with Crippen LogP contribution >= 0.6 is 0 Å². The minimum Gasteiger partial charge on any atom is -0.486 e. The van der Waals surface area contributed by atoms with Crippen molar-refractivity contribution < 1.29 is 18.7 Å². The van der Waals surface area contributed by atoms with Gasteiger partial charge in [-0.05, 0) is 48.4 Å². The summed E-state index contributed by atoms with van der Waals surface area (Å²) >= 11 is 0. The van der Waals surface area contributed by atoms with Crippen LogP contribution in [-0.2, 0) is 6.42 Å². The summed E-state index contributed by atoms with van der Waals surface area (Å²) in [6.45, 7) is 1.51. The first kappa shape index (κ1) is 18.7. The van der Waals surface area contributed by atoms with E-state index < -0.39 is 0 Å². The summed E-state index contributed by atoms with van der Waals surface area (Å²) < 4.78 is 24.0. The molecular formula is C22H20FN3O3. The second kappa shape index (κ2) is 8.60. The topological polar surface area (TPSA) is 72.5 Å². The third-order valence-electron chi connectivity index (χ3n) is 4.45. The van der Waals surface area contributed by atoms with E-state index in [-0.39, 0.29) is 11.7 Å². The third-order valence-corrected chi connectivity index (χ3v) is 4.45. The fourth-order valence-electron chi connectivity index (χ4n) is 2.98. The van der Waals surface area contributed by atoms with Crippen LogP contribution in [0, 0.1) is 5.82 Å². The normalized spacial score (nSPS) is 12.3. The Morgan fingerprint density at radius 3 is 2.62 bits per heavy atom. The molecule has 2 heterocycles. The second-order valence-electron chi connectivity index (χ2n) is 6.55. The summed E-state index contributed by atoms with van der Waals surface area (Å²) in [6, 6.07) is 15.1. The van der Waals surface area contributed by atoms with Crippen LogP contribution in [0.15, 0.2) is 60.8 Å². The van der Waals surface area contributed by atoms with Gasteiger partial charge < -0.3 is 20.1 Å². The molecular weight excluding hydrogens is 373 g/mol. The van der Waals surface area contributed by atoms with E-state index in [1.807, 2.05) is 18.2 Å². The fraction of sp³-hybridized carbons (Fsp3) is 0.182. The number of halogens is 1. The molecule has 0 aliphatic carbocycles. The summed E-state index contributed by atoms with van der Waals surface area (Å²) in [4.78, 5) is 16.7. The molecule has 0 saturated heterocycles.